The van der Waals surface area contributed by atoms with E-state index in [1.807, 2.05) is 6.07 Å². The molecule has 166 valence electrons. The molecular formula is C29H27BrN2S. The molecule has 1 saturated carbocycles. The number of hydrogen-bond donors (Lipinski definition) is 0. The normalized spacial score (nSPS) is 21.0. The predicted octanol–water partition coefficient (Wildman–Crippen LogP) is 8.29. The van der Waals surface area contributed by atoms with Crippen molar-refractivity contribution in [2.45, 2.75) is 30.7 Å². The SMILES string of the molecule is Br.C1=CS(=Nc2ccccc2)N(c2ccccc2)C1C1(c2ccc3ccccc3c2)CCC1. The molecule has 2 unspecified atom stereocenters. The summed E-state index contributed by atoms with van der Waals surface area (Å²) in [5.74, 6) is 0. The fraction of sp³-hybridized carbons (Fsp3) is 0.172. The lowest BCUT2D eigenvalue weighted by Crippen LogP contribution is -2.52. The highest BCUT2D eigenvalue weighted by molar-refractivity contribution is 8.93. The molecule has 0 N–H and O–H groups in total. The molecule has 0 spiro atoms. The van der Waals surface area contributed by atoms with E-state index in [9.17, 15) is 0 Å². The summed E-state index contributed by atoms with van der Waals surface area (Å²) in [6.45, 7) is 0. The molecule has 0 bridgehead atoms. The van der Waals surface area contributed by atoms with Crippen molar-refractivity contribution in [3.8, 4) is 0 Å². The third-order valence-electron chi connectivity index (χ3n) is 6.94. The molecule has 2 aliphatic rings. The largest absolute Gasteiger partial charge is 0.297 e. The monoisotopic (exact) mass is 514 g/mol. The van der Waals surface area contributed by atoms with Gasteiger partial charge in [0.1, 0.15) is 0 Å². The molecule has 0 radical (unpaired) electrons. The number of hydrogen-bond acceptors (Lipinski definition) is 1. The first-order valence-electron chi connectivity index (χ1n) is 11.4. The Kier molecular flexibility index (Phi) is 6.22. The highest BCUT2D eigenvalue weighted by Crippen LogP contribution is 2.51. The number of halogens is 1. The molecule has 1 aliphatic heterocycles. The first kappa shape index (κ1) is 22.1. The molecule has 2 nitrogen and oxygen atoms in total. The lowest BCUT2D eigenvalue weighted by molar-refractivity contribution is 0.223. The maximum atomic E-state index is 5.15. The minimum Gasteiger partial charge on any atom is -0.297 e. The summed E-state index contributed by atoms with van der Waals surface area (Å²) in [5.41, 5.74) is 3.88. The molecule has 0 aromatic heterocycles. The van der Waals surface area contributed by atoms with E-state index in [0.29, 0.717) is 6.04 Å². The van der Waals surface area contributed by atoms with Gasteiger partial charge in [0, 0.05) is 27.4 Å². The smallest absolute Gasteiger partial charge is 0.0726 e. The number of nitrogens with zero attached hydrogens (tertiary/aromatic N) is 2. The second-order valence-corrected chi connectivity index (χ2v) is 10.2. The Balaban J connectivity index is 0.00000228. The molecule has 4 heteroatoms. The zero-order chi connectivity index (χ0) is 21.4. The van der Waals surface area contributed by atoms with Gasteiger partial charge < -0.3 is 0 Å². The van der Waals surface area contributed by atoms with Gasteiger partial charge in [0.05, 0.1) is 11.7 Å². The summed E-state index contributed by atoms with van der Waals surface area (Å²) in [6, 6.07) is 37.3. The molecule has 4 aromatic carbocycles. The number of para-hydroxylation sites is 1. The van der Waals surface area contributed by atoms with Crippen molar-refractivity contribution in [2.24, 2.45) is 4.36 Å². The van der Waals surface area contributed by atoms with Gasteiger partial charge in [-0.05, 0) is 53.4 Å². The Morgan fingerprint density at radius 1 is 0.758 bits per heavy atom. The van der Waals surface area contributed by atoms with Crippen LogP contribution >= 0.6 is 17.0 Å². The lowest BCUT2D eigenvalue weighted by atomic mass is 9.60. The van der Waals surface area contributed by atoms with E-state index in [1.165, 1.54) is 41.3 Å². The van der Waals surface area contributed by atoms with Crippen molar-refractivity contribution >= 4 is 50.0 Å². The van der Waals surface area contributed by atoms with Crippen molar-refractivity contribution in [3.05, 3.63) is 120 Å². The number of fused-ring (bicyclic) bond motifs is 1. The minimum absolute atomic E-state index is 0. The molecule has 6 rings (SSSR count). The van der Waals surface area contributed by atoms with E-state index < -0.39 is 0 Å². The fourth-order valence-electron chi connectivity index (χ4n) is 5.14. The first-order chi connectivity index (χ1) is 15.8. The molecule has 2 atom stereocenters. The van der Waals surface area contributed by atoms with E-state index >= 15 is 0 Å². The van der Waals surface area contributed by atoms with Crippen LogP contribution in [0.5, 0.6) is 0 Å². The lowest BCUT2D eigenvalue weighted by Gasteiger charge is -2.50. The maximum absolute atomic E-state index is 5.15. The van der Waals surface area contributed by atoms with Crippen LogP contribution in [0.15, 0.2) is 119 Å². The average Bonchev–Trinajstić information content (AvgIpc) is 3.23. The number of rotatable bonds is 4. The molecule has 0 saturated heterocycles. The quantitative estimate of drug-likeness (QED) is 0.267. The standard InChI is InChI=1S/C29H26N2S.BrH/c1-3-12-26(13-4-1)30-32-21-18-28(31(32)27-14-5-2-6-15-27)29(19-9-20-29)25-17-16-23-10-7-8-11-24(23)22-25;/h1-8,10-18,21-22,28H,9,19-20H2;1H. The van der Waals surface area contributed by atoms with Gasteiger partial charge >= 0.3 is 0 Å². The van der Waals surface area contributed by atoms with E-state index in [2.05, 4.69) is 113 Å². The number of benzene rings is 4. The molecule has 0 amide bonds. The Labute approximate surface area is 209 Å². The molecule has 1 fully saturated rings. The molecule has 4 aromatic rings. The first-order valence-corrected chi connectivity index (χ1v) is 12.6. The summed E-state index contributed by atoms with van der Waals surface area (Å²) in [5, 5.41) is 4.97. The Morgan fingerprint density at radius 2 is 1.42 bits per heavy atom. The van der Waals surface area contributed by atoms with Crippen molar-refractivity contribution in [2.75, 3.05) is 4.31 Å². The topological polar surface area (TPSA) is 15.6 Å². The predicted molar refractivity (Wildman–Crippen MR) is 148 cm³/mol. The maximum Gasteiger partial charge on any atom is 0.0726 e. The summed E-state index contributed by atoms with van der Waals surface area (Å²) in [4.78, 5) is 0. The summed E-state index contributed by atoms with van der Waals surface area (Å²) >= 11 is 0. The van der Waals surface area contributed by atoms with Crippen LogP contribution in [0.1, 0.15) is 24.8 Å². The molecule has 1 aliphatic carbocycles. The van der Waals surface area contributed by atoms with Crippen LogP contribution in [0.3, 0.4) is 0 Å². The molecule has 33 heavy (non-hydrogen) atoms. The highest BCUT2D eigenvalue weighted by atomic mass is 79.9. The van der Waals surface area contributed by atoms with Crippen molar-refractivity contribution in [3.63, 3.8) is 0 Å². The highest BCUT2D eigenvalue weighted by Gasteiger charge is 2.49. The number of anilines is 1. The summed E-state index contributed by atoms with van der Waals surface area (Å²) in [7, 11) is -0.334. The van der Waals surface area contributed by atoms with Crippen molar-refractivity contribution in [1.29, 1.82) is 0 Å². The third-order valence-corrected chi connectivity index (χ3v) is 8.58. The molecular weight excluding hydrogens is 488 g/mol. The Hall–Kier alpha value is -2.69. The summed E-state index contributed by atoms with van der Waals surface area (Å²) < 4.78 is 7.71. The van der Waals surface area contributed by atoms with Crippen molar-refractivity contribution < 1.29 is 0 Å². The van der Waals surface area contributed by atoms with Crippen LogP contribution in [0, 0.1) is 0 Å². The Morgan fingerprint density at radius 3 is 2.12 bits per heavy atom. The van der Waals surface area contributed by atoms with Gasteiger partial charge in [-0.1, -0.05) is 91.4 Å². The van der Waals surface area contributed by atoms with E-state index in [0.717, 1.165) is 5.69 Å². The summed E-state index contributed by atoms with van der Waals surface area (Å²) in [6.07, 6.45) is 6.14. The van der Waals surface area contributed by atoms with Crippen LogP contribution in [-0.2, 0) is 16.3 Å². The van der Waals surface area contributed by atoms with E-state index in [-0.39, 0.29) is 33.3 Å². The zero-order valence-electron chi connectivity index (χ0n) is 18.4. The fourth-order valence-corrected chi connectivity index (χ4v) is 6.89. The second-order valence-electron chi connectivity index (χ2n) is 8.73. The Bertz CT molecular complexity index is 1310. The molecule has 1 heterocycles. The van der Waals surface area contributed by atoms with Gasteiger partial charge in [-0.25, -0.2) is 4.36 Å². The van der Waals surface area contributed by atoms with Gasteiger partial charge in [-0.2, -0.15) is 0 Å². The van der Waals surface area contributed by atoms with Crippen LogP contribution in [0.2, 0.25) is 0 Å². The van der Waals surface area contributed by atoms with Crippen molar-refractivity contribution in [1.82, 2.24) is 0 Å². The van der Waals surface area contributed by atoms with Crippen LogP contribution in [0.25, 0.3) is 10.8 Å². The average molecular weight is 516 g/mol. The van der Waals surface area contributed by atoms with Crippen LogP contribution in [0.4, 0.5) is 11.4 Å². The van der Waals surface area contributed by atoms with E-state index in [1.54, 1.807) is 0 Å². The zero-order valence-corrected chi connectivity index (χ0v) is 20.9. The van der Waals surface area contributed by atoms with Gasteiger partial charge in [0.2, 0.25) is 0 Å². The van der Waals surface area contributed by atoms with Gasteiger partial charge in [0.25, 0.3) is 0 Å². The van der Waals surface area contributed by atoms with Gasteiger partial charge in [0.15, 0.2) is 0 Å². The van der Waals surface area contributed by atoms with Gasteiger partial charge in [-0.15, -0.1) is 17.0 Å². The van der Waals surface area contributed by atoms with Gasteiger partial charge in [-0.3, -0.25) is 4.31 Å². The third kappa shape index (κ3) is 3.96. The van der Waals surface area contributed by atoms with E-state index in [4.69, 9.17) is 4.36 Å². The van der Waals surface area contributed by atoms with Crippen LogP contribution in [-0.4, -0.2) is 6.04 Å². The second kappa shape index (κ2) is 9.28. The minimum atomic E-state index is -0.334. The van der Waals surface area contributed by atoms with Crippen LogP contribution < -0.4 is 4.31 Å².